The second kappa shape index (κ2) is 29.4. The minimum absolute atomic E-state index is 0.0739. The highest BCUT2D eigenvalue weighted by atomic mass is 16.4. The summed E-state index contributed by atoms with van der Waals surface area (Å²) in [5.41, 5.74) is 11.3. The van der Waals surface area contributed by atoms with E-state index in [0.29, 0.717) is 45.1 Å². The van der Waals surface area contributed by atoms with Crippen LogP contribution < -0.4 is 43.4 Å². The number of carboxylic acid groups (broad SMARTS) is 1. The van der Waals surface area contributed by atoms with E-state index in [-0.39, 0.29) is 37.1 Å². The maximum Gasteiger partial charge on any atom is 0.326 e. The zero-order chi connectivity index (χ0) is 43.7. The molecule has 16 nitrogen and oxygen atoms in total. The molecule has 0 spiro atoms. The molecule has 330 valence electrons. The van der Waals surface area contributed by atoms with Gasteiger partial charge in [-0.15, -0.1) is 0 Å². The highest BCUT2D eigenvalue weighted by Crippen LogP contribution is 2.14. The second-order valence-electron chi connectivity index (χ2n) is 16.4. The first-order valence-corrected chi connectivity index (χ1v) is 21.3. The smallest absolute Gasteiger partial charge is 0.326 e. The molecule has 0 fully saturated rings. The SMILES string of the molecule is CCCCCCCC(=O)N[C@@H](CC(C)C)C(=O)N[C@@H](CCCN)C(=O)N[C@H](C(=O)N[C@H](C(=O)N[C@H](C(=O)N[C@H](CCCCN)C(=O)O)C(C)C)C(C)C)[C@@H](C)CC. The zero-order valence-electron chi connectivity index (χ0n) is 36.3. The lowest BCUT2D eigenvalue weighted by Crippen LogP contribution is -2.62. The van der Waals surface area contributed by atoms with Crippen molar-refractivity contribution in [1.29, 1.82) is 0 Å². The predicted octanol–water partition coefficient (Wildman–Crippen LogP) is 2.61. The average molecular weight is 811 g/mol. The Kier molecular flexibility index (Phi) is 27.5. The van der Waals surface area contributed by atoms with Crippen molar-refractivity contribution in [3.8, 4) is 0 Å². The number of unbranched alkanes of at least 4 members (excludes halogenated alkanes) is 5. The standard InChI is InChI=1S/C41H78N8O8/c1-10-12-13-14-15-21-32(50)44-31(24-25(3)4)37(52)45-29(20-18-23-43)36(51)49-35(28(9)11-2)40(55)48-34(27(7)8)39(54)47-33(26(5)6)38(53)46-30(41(56)57)19-16-17-22-42/h25-31,33-35H,10-24,42-43H2,1-9H3,(H,44,50)(H,45,52)(H,46,53)(H,47,54)(H,48,55)(H,49,51)(H,56,57)/t28-,29-,30+,31-,33-,34-,35-/m0/s1. The van der Waals surface area contributed by atoms with Crippen LogP contribution in [0, 0.1) is 23.7 Å². The maximum absolute atomic E-state index is 13.9. The molecule has 0 aliphatic heterocycles. The minimum atomic E-state index is -1.20. The van der Waals surface area contributed by atoms with E-state index in [1.54, 1.807) is 34.6 Å². The van der Waals surface area contributed by atoms with E-state index in [0.717, 1.165) is 32.1 Å². The van der Waals surface area contributed by atoms with Gasteiger partial charge in [-0.3, -0.25) is 28.8 Å². The summed E-state index contributed by atoms with van der Waals surface area (Å²) in [7, 11) is 0. The number of hydrogen-bond donors (Lipinski definition) is 9. The lowest BCUT2D eigenvalue weighted by atomic mass is 9.95. The summed E-state index contributed by atoms with van der Waals surface area (Å²) in [6, 6.07) is -6.38. The molecule has 0 aromatic rings. The molecule has 11 N–H and O–H groups in total. The largest absolute Gasteiger partial charge is 0.480 e. The Morgan fingerprint density at radius 3 is 1.47 bits per heavy atom. The molecule has 0 aromatic carbocycles. The fourth-order valence-electron chi connectivity index (χ4n) is 6.25. The summed E-state index contributed by atoms with van der Waals surface area (Å²) in [5, 5.41) is 26.1. The molecule has 6 amide bonds. The van der Waals surface area contributed by atoms with Gasteiger partial charge in [-0.2, -0.15) is 0 Å². The number of carbonyl (C=O) groups is 7. The van der Waals surface area contributed by atoms with E-state index in [2.05, 4.69) is 38.8 Å². The number of nitrogens with two attached hydrogens (primary N) is 2. The molecule has 57 heavy (non-hydrogen) atoms. The van der Waals surface area contributed by atoms with Crippen LogP contribution in [-0.4, -0.2) is 95.9 Å². The monoisotopic (exact) mass is 811 g/mol. The van der Waals surface area contributed by atoms with E-state index in [1.807, 2.05) is 20.8 Å². The van der Waals surface area contributed by atoms with E-state index in [9.17, 15) is 38.7 Å². The second-order valence-corrected chi connectivity index (χ2v) is 16.4. The fourth-order valence-corrected chi connectivity index (χ4v) is 6.25. The molecule has 0 unspecified atom stereocenters. The van der Waals surface area contributed by atoms with Crippen molar-refractivity contribution in [2.24, 2.45) is 35.1 Å². The van der Waals surface area contributed by atoms with Gasteiger partial charge in [0.1, 0.15) is 36.3 Å². The van der Waals surface area contributed by atoms with Gasteiger partial charge >= 0.3 is 5.97 Å². The number of carboxylic acids is 1. The van der Waals surface area contributed by atoms with Crippen LogP contribution in [0.1, 0.15) is 146 Å². The number of nitrogens with one attached hydrogen (secondary N) is 6. The first kappa shape index (κ1) is 53.2. The van der Waals surface area contributed by atoms with Crippen LogP contribution in [0.2, 0.25) is 0 Å². The first-order chi connectivity index (χ1) is 26.8. The van der Waals surface area contributed by atoms with Crippen LogP contribution >= 0.6 is 0 Å². The molecule has 0 rings (SSSR count). The van der Waals surface area contributed by atoms with E-state index in [4.69, 9.17) is 11.5 Å². The summed E-state index contributed by atoms with van der Waals surface area (Å²) in [4.78, 5) is 93.1. The van der Waals surface area contributed by atoms with Gasteiger partial charge in [-0.25, -0.2) is 4.79 Å². The lowest BCUT2D eigenvalue weighted by Gasteiger charge is -2.31. The summed E-state index contributed by atoms with van der Waals surface area (Å²) >= 11 is 0. The quantitative estimate of drug-likeness (QED) is 0.0462. The van der Waals surface area contributed by atoms with Gasteiger partial charge in [0, 0.05) is 6.42 Å². The van der Waals surface area contributed by atoms with Crippen LogP contribution in [0.3, 0.4) is 0 Å². The third-order valence-corrected chi connectivity index (χ3v) is 10.0. The van der Waals surface area contributed by atoms with Crippen molar-refractivity contribution in [2.45, 2.75) is 182 Å². The molecule has 0 bridgehead atoms. The van der Waals surface area contributed by atoms with Crippen LogP contribution in [-0.2, 0) is 33.6 Å². The van der Waals surface area contributed by atoms with Gasteiger partial charge < -0.3 is 48.5 Å². The van der Waals surface area contributed by atoms with E-state index >= 15 is 0 Å². The molecule has 16 heteroatoms. The fraction of sp³-hybridized carbons (Fsp3) is 0.829. The van der Waals surface area contributed by atoms with E-state index < -0.39 is 83.6 Å². The first-order valence-electron chi connectivity index (χ1n) is 21.3. The molecule has 0 radical (unpaired) electrons. The Morgan fingerprint density at radius 2 is 0.982 bits per heavy atom. The van der Waals surface area contributed by atoms with Crippen LogP contribution in [0.25, 0.3) is 0 Å². The van der Waals surface area contributed by atoms with Crippen molar-refractivity contribution in [3.05, 3.63) is 0 Å². The number of hydrogen-bond acceptors (Lipinski definition) is 9. The summed E-state index contributed by atoms with van der Waals surface area (Å²) < 4.78 is 0. The van der Waals surface area contributed by atoms with Gasteiger partial charge in [-0.05, 0) is 81.7 Å². The number of carbonyl (C=O) groups excluding carboxylic acids is 6. The molecule has 0 aliphatic carbocycles. The van der Waals surface area contributed by atoms with Crippen molar-refractivity contribution in [1.82, 2.24) is 31.9 Å². The number of aliphatic carboxylic acids is 1. The molecular formula is C41H78N8O8. The molecule has 7 atom stereocenters. The number of rotatable bonds is 31. The van der Waals surface area contributed by atoms with Crippen LogP contribution in [0.5, 0.6) is 0 Å². The summed E-state index contributed by atoms with van der Waals surface area (Å²) in [5.74, 6) is -5.66. The molecule has 0 saturated heterocycles. The Morgan fingerprint density at radius 1 is 0.509 bits per heavy atom. The van der Waals surface area contributed by atoms with Crippen LogP contribution in [0.15, 0.2) is 0 Å². The minimum Gasteiger partial charge on any atom is -0.480 e. The van der Waals surface area contributed by atoms with Gasteiger partial charge in [0.2, 0.25) is 35.4 Å². The van der Waals surface area contributed by atoms with E-state index in [1.165, 1.54) is 0 Å². The normalized spacial score (nSPS) is 15.1. The van der Waals surface area contributed by atoms with Crippen LogP contribution in [0.4, 0.5) is 0 Å². The summed E-state index contributed by atoms with van der Waals surface area (Å²) in [6.07, 6.45) is 7.91. The molecular weight excluding hydrogens is 732 g/mol. The maximum atomic E-state index is 13.9. The molecule has 0 heterocycles. The van der Waals surface area contributed by atoms with Gasteiger partial charge in [-0.1, -0.05) is 94.4 Å². The Bertz CT molecular complexity index is 1250. The Labute approximate surface area is 341 Å². The molecule has 0 aromatic heterocycles. The van der Waals surface area contributed by atoms with Crippen molar-refractivity contribution in [2.75, 3.05) is 13.1 Å². The lowest BCUT2D eigenvalue weighted by molar-refractivity contribution is -0.143. The third kappa shape index (κ3) is 21.5. The van der Waals surface area contributed by atoms with Gasteiger partial charge in [0.25, 0.3) is 0 Å². The van der Waals surface area contributed by atoms with Gasteiger partial charge in [0.05, 0.1) is 0 Å². The third-order valence-electron chi connectivity index (χ3n) is 10.0. The summed E-state index contributed by atoms with van der Waals surface area (Å²) in [6.45, 7) is 17.1. The zero-order valence-corrected chi connectivity index (χ0v) is 36.3. The number of amides is 6. The van der Waals surface area contributed by atoms with Crippen molar-refractivity contribution < 1.29 is 38.7 Å². The highest BCUT2D eigenvalue weighted by molar-refractivity contribution is 5.97. The topological polar surface area (TPSA) is 264 Å². The highest BCUT2D eigenvalue weighted by Gasteiger charge is 2.36. The van der Waals surface area contributed by atoms with Crippen molar-refractivity contribution >= 4 is 41.4 Å². The van der Waals surface area contributed by atoms with Crippen molar-refractivity contribution in [3.63, 3.8) is 0 Å². The Balaban J connectivity index is 6.08. The molecule has 0 aliphatic rings. The molecule has 0 saturated carbocycles. The average Bonchev–Trinajstić information content (AvgIpc) is 3.14. The predicted molar refractivity (Wildman–Crippen MR) is 222 cm³/mol. The van der Waals surface area contributed by atoms with Gasteiger partial charge in [0.15, 0.2) is 0 Å². The Hall–Kier alpha value is -3.79.